The smallest absolute Gasteiger partial charge is 0.121 e. The maximum atomic E-state index is 9.69. The van der Waals surface area contributed by atoms with E-state index in [1.54, 1.807) is 0 Å². The number of phenols is 1. The van der Waals surface area contributed by atoms with Crippen molar-refractivity contribution in [3.63, 3.8) is 0 Å². The normalized spacial score (nSPS) is 11.8. The van der Waals surface area contributed by atoms with Crippen molar-refractivity contribution in [2.24, 2.45) is 5.73 Å². The molecule has 0 unspecified atom stereocenters. The van der Waals surface area contributed by atoms with Gasteiger partial charge < -0.3 is 10.8 Å². The lowest BCUT2D eigenvalue weighted by molar-refractivity contribution is 0.459. The highest BCUT2D eigenvalue weighted by molar-refractivity contribution is 5.46. The van der Waals surface area contributed by atoms with Crippen molar-refractivity contribution >= 4 is 0 Å². The Morgan fingerprint density at radius 2 is 1.77 bits per heavy atom. The van der Waals surface area contributed by atoms with Gasteiger partial charge in [-0.15, -0.1) is 0 Å². The lowest BCUT2D eigenvalue weighted by Gasteiger charge is -2.22. The summed E-state index contributed by atoms with van der Waals surface area (Å²) in [5, 5.41) is 9.69. The van der Waals surface area contributed by atoms with Crippen LogP contribution >= 0.6 is 0 Å². The van der Waals surface area contributed by atoms with Crippen LogP contribution in [0.25, 0.3) is 0 Å². The Bertz CT molecular complexity index is 324. The fourth-order valence-electron chi connectivity index (χ4n) is 1.53. The van der Waals surface area contributed by atoms with E-state index in [-0.39, 0.29) is 0 Å². The lowest BCUT2D eigenvalue weighted by Crippen LogP contribution is -2.29. The van der Waals surface area contributed by atoms with Gasteiger partial charge in [0.1, 0.15) is 5.75 Å². The van der Waals surface area contributed by atoms with Gasteiger partial charge in [0, 0.05) is 5.54 Å². The number of hydrogen-bond acceptors (Lipinski definition) is 2. The highest BCUT2D eigenvalue weighted by Gasteiger charge is 2.18. The molecule has 0 atom stereocenters. The molecule has 0 saturated carbocycles. The number of phenolic OH excluding ortho intramolecular Hbond substituents is 1. The van der Waals surface area contributed by atoms with Gasteiger partial charge in [0.15, 0.2) is 0 Å². The molecule has 2 heteroatoms. The molecule has 3 N–H and O–H groups in total. The molecule has 72 valence electrons. The zero-order chi connectivity index (χ0) is 10.2. The summed E-state index contributed by atoms with van der Waals surface area (Å²) in [5.74, 6) is 0.357. The summed E-state index contributed by atoms with van der Waals surface area (Å²) in [6.45, 7) is 7.65. The van der Waals surface area contributed by atoms with Crippen LogP contribution in [0.5, 0.6) is 5.75 Å². The molecule has 0 aliphatic carbocycles. The average Bonchev–Trinajstić information content (AvgIpc) is 1.98. The average molecular weight is 179 g/mol. The molecular weight excluding hydrogens is 162 g/mol. The largest absolute Gasteiger partial charge is 0.507 e. The zero-order valence-corrected chi connectivity index (χ0v) is 8.68. The van der Waals surface area contributed by atoms with E-state index in [1.165, 1.54) is 0 Å². The molecule has 0 aromatic heterocycles. The van der Waals surface area contributed by atoms with Crippen LogP contribution in [0.3, 0.4) is 0 Å². The van der Waals surface area contributed by atoms with Crippen molar-refractivity contribution < 1.29 is 5.11 Å². The van der Waals surface area contributed by atoms with Crippen LogP contribution < -0.4 is 5.73 Å². The molecule has 0 bridgehead atoms. The first-order valence-corrected chi connectivity index (χ1v) is 4.42. The number of aryl methyl sites for hydroxylation is 1. The van der Waals surface area contributed by atoms with Crippen LogP contribution in [-0.4, -0.2) is 5.11 Å². The molecule has 1 aromatic rings. The molecule has 0 saturated heterocycles. The summed E-state index contributed by atoms with van der Waals surface area (Å²) in [6, 6.07) is 3.87. The van der Waals surface area contributed by atoms with E-state index in [1.807, 2.05) is 39.8 Å². The van der Waals surface area contributed by atoms with Gasteiger partial charge in [-0.25, -0.2) is 0 Å². The Hall–Kier alpha value is -1.02. The van der Waals surface area contributed by atoms with E-state index in [0.717, 1.165) is 16.7 Å². The molecule has 0 heterocycles. The van der Waals surface area contributed by atoms with Crippen molar-refractivity contribution in [1.82, 2.24) is 0 Å². The van der Waals surface area contributed by atoms with Gasteiger partial charge in [-0.1, -0.05) is 12.1 Å². The number of rotatable bonds is 1. The second kappa shape index (κ2) is 3.04. The third-order valence-electron chi connectivity index (χ3n) is 2.33. The van der Waals surface area contributed by atoms with Gasteiger partial charge >= 0.3 is 0 Å². The predicted molar refractivity (Wildman–Crippen MR) is 54.8 cm³/mol. The molecular formula is C11H17NO. The molecule has 13 heavy (non-hydrogen) atoms. The fraction of sp³-hybridized carbons (Fsp3) is 0.455. The van der Waals surface area contributed by atoms with Crippen LogP contribution in [0.15, 0.2) is 12.1 Å². The summed E-state index contributed by atoms with van der Waals surface area (Å²) in [5.41, 5.74) is 8.34. The summed E-state index contributed by atoms with van der Waals surface area (Å²) in [4.78, 5) is 0. The second-order valence-corrected chi connectivity index (χ2v) is 4.13. The number of nitrogens with two attached hydrogens (primary N) is 1. The maximum Gasteiger partial charge on any atom is 0.121 e. The molecule has 1 aromatic carbocycles. The molecule has 0 spiro atoms. The number of hydrogen-bond donors (Lipinski definition) is 2. The van der Waals surface area contributed by atoms with E-state index in [4.69, 9.17) is 5.73 Å². The predicted octanol–water partition coefficient (Wildman–Crippen LogP) is 2.20. The Balaban J connectivity index is 3.35. The molecule has 0 amide bonds. The third-order valence-corrected chi connectivity index (χ3v) is 2.33. The first-order chi connectivity index (χ1) is 5.84. The van der Waals surface area contributed by atoms with Gasteiger partial charge in [-0.05, 0) is 44.4 Å². The third kappa shape index (κ3) is 1.83. The Morgan fingerprint density at radius 1 is 1.23 bits per heavy atom. The van der Waals surface area contributed by atoms with E-state index >= 15 is 0 Å². The first-order valence-electron chi connectivity index (χ1n) is 4.42. The monoisotopic (exact) mass is 179 g/mol. The fourth-order valence-corrected chi connectivity index (χ4v) is 1.53. The van der Waals surface area contributed by atoms with Gasteiger partial charge in [0.05, 0.1) is 0 Å². The summed E-state index contributed by atoms with van der Waals surface area (Å²) < 4.78 is 0. The maximum absolute atomic E-state index is 9.69. The van der Waals surface area contributed by atoms with Crippen molar-refractivity contribution in [2.45, 2.75) is 33.2 Å². The quantitative estimate of drug-likeness (QED) is 0.694. The van der Waals surface area contributed by atoms with E-state index < -0.39 is 5.54 Å². The topological polar surface area (TPSA) is 46.2 Å². The van der Waals surface area contributed by atoms with Crippen LogP contribution in [0.1, 0.15) is 30.5 Å². The van der Waals surface area contributed by atoms with Crippen molar-refractivity contribution in [2.75, 3.05) is 0 Å². The van der Waals surface area contributed by atoms with Crippen LogP contribution in [0, 0.1) is 13.8 Å². The van der Waals surface area contributed by atoms with Gasteiger partial charge in [0.25, 0.3) is 0 Å². The minimum absolute atomic E-state index is 0.357. The van der Waals surface area contributed by atoms with Crippen molar-refractivity contribution in [3.8, 4) is 5.75 Å². The molecule has 0 fully saturated rings. The van der Waals surface area contributed by atoms with Crippen LogP contribution in [-0.2, 0) is 5.54 Å². The number of benzene rings is 1. The van der Waals surface area contributed by atoms with Crippen LogP contribution in [0.4, 0.5) is 0 Å². The summed E-state index contributed by atoms with van der Waals surface area (Å²) in [6.07, 6.45) is 0. The SMILES string of the molecule is Cc1ccc(C(C)(C)N)c(C)c1O. The molecule has 0 radical (unpaired) electrons. The van der Waals surface area contributed by atoms with E-state index in [9.17, 15) is 5.11 Å². The van der Waals surface area contributed by atoms with Crippen LogP contribution in [0.2, 0.25) is 0 Å². The van der Waals surface area contributed by atoms with Gasteiger partial charge in [-0.3, -0.25) is 0 Å². The first kappa shape index (κ1) is 10.1. The molecule has 0 aliphatic heterocycles. The minimum Gasteiger partial charge on any atom is -0.507 e. The Labute approximate surface area is 79.4 Å². The standard InChI is InChI=1S/C11H17NO/c1-7-5-6-9(11(3,4)12)8(2)10(7)13/h5-6,13H,12H2,1-4H3. The van der Waals surface area contributed by atoms with Gasteiger partial charge in [-0.2, -0.15) is 0 Å². The zero-order valence-electron chi connectivity index (χ0n) is 8.68. The summed E-state index contributed by atoms with van der Waals surface area (Å²) >= 11 is 0. The minimum atomic E-state index is -0.394. The van der Waals surface area contributed by atoms with Crippen molar-refractivity contribution in [3.05, 3.63) is 28.8 Å². The number of aromatic hydroxyl groups is 1. The molecule has 2 nitrogen and oxygen atoms in total. The highest BCUT2D eigenvalue weighted by atomic mass is 16.3. The Morgan fingerprint density at radius 3 is 2.23 bits per heavy atom. The molecule has 0 aliphatic rings. The van der Waals surface area contributed by atoms with Gasteiger partial charge in [0.2, 0.25) is 0 Å². The molecule has 1 rings (SSSR count). The summed E-state index contributed by atoms with van der Waals surface area (Å²) in [7, 11) is 0. The highest BCUT2D eigenvalue weighted by Crippen LogP contribution is 2.29. The van der Waals surface area contributed by atoms with E-state index in [2.05, 4.69) is 0 Å². The van der Waals surface area contributed by atoms with E-state index in [0.29, 0.717) is 5.75 Å². The Kier molecular flexibility index (Phi) is 2.35. The van der Waals surface area contributed by atoms with Crippen molar-refractivity contribution in [1.29, 1.82) is 0 Å². The second-order valence-electron chi connectivity index (χ2n) is 4.13. The lowest BCUT2D eigenvalue weighted by atomic mass is 9.90.